The van der Waals surface area contributed by atoms with Crippen molar-refractivity contribution in [1.82, 2.24) is 0 Å². The zero-order valence-electron chi connectivity index (χ0n) is 11.3. The summed E-state index contributed by atoms with van der Waals surface area (Å²) in [6.07, 6.45) is 9.98. The van der Waals surface area contributed by atoms with Crippen molar-refractivity contribution >= 4 is 10.0 Å². The van der Waals surface area contributed by atoms with Gasteiger partial charge in [0, 0.05) is 0 Å². The van der Waals surface area contributed by atoms with Gasteiger partial charge in [-0.25, -0.2) is 10.0 Å². The summed E-state index contributed by atoms with van der Waals surface area (Å²) >= 11 is 0. The van der Waals surface area contributed by atoms with E-state index in [-0.39, 0.29) is 0 Å². The van der Waals surface area contributed by atoms with E-state index in [1.54, 1.807) is 4.90 Å². The molecule has 0 N–H and O–H groups in total. The standard InChI is InChI=1S/C15H26S/c1-5-7-8-14-9-11-15(12-10-14)16(3,4)13-6-2/h9-12H,5-8,13H2,1-4H3. The SMILES string of the molecule is CCCCc1ccc(S(C)(C)CCC)cc1. The number of hydrogen-bond acceptors (Lipinski definition) is 0. The molecule has 0 amide bonds. The van der Waals surface area contributed by atoms with Crippen LogP contribution in [0.5, 0.6) is 0 Å². The maximum atomic E-state index is 2.43. The molecule has 0 spiro atoms. The first-order valence-electron chi connectivity index (χ1n) is 6.40. The predicted octanol–water partition coefficient (Wildman–Crippen LogP) is 4.86. The van der Waals surface area contributed by atoms with E-state index in [0.29, 0.717) is 0 Å². The third-order valence-corrected chi connectivity index (χ3v) is 6.07. The van der Waals surface area contributed by atoms with Gasteiger partial charge in [0.1, 0.15) is 0 Å². The zero-order chi connectivity index (χ0) is 12.0. The maximum Gasteiger partial charge on any atom is -0.0104 e. The van der Waals surface area contributed by atoms with Crippen molar-refractivity contribution in [2.24, 2.45) is 0 Å². The molecule has 1 aromatic rings. The van der Waals surface area contributed by atoms with Crippen molar-refractivity contribution in [3.8, 4) is 0 Å². The quantitative estimate of drug-likeness (QED) is 0.664. The van der Waals surface area contributed by atoms with Gasteiger partial charge in [0.15, 0.2) is 0 Å². The summed E-state index contributed by atoms with van der Waals surface area (Å²) in [4.78, 5) is 1.56. The Morgan fingerprint density at radius 1 is 0.938 bits per heavy atom. The highest BCUT2D eigenvalue weighted by molar-refractivity contribution is 8.32. The molecule has 16 heavy (non-hydrogen) atoms. The van der Waals surface area contributed by atoms with Gasteiger partial charge in [0.2, 0.25) is 0 Å². The van der Waals surface area contributed by atoms with Crippen LogP contribution < -0.4 is 0 Å². The average molecular weight is 238 g/mol. The molecule has 0 aliphatic heterocycles. The lowest BCUT2D eigenvalue weighted by atomic mass is 10.1. The summed E-state index contributed by atoms with van der Waals surface area (Å²) in [5, 5.41) is 0. The van der Waals surface area contributed by atoms with Crippen molar-refractivity contribution < 1.29 is 0 Å². The Labute approximate surface area is 103 Å². The first-order valence-corrected chi connectivity index (χ1v) is 9.02. The molecule has 1 heteroatoms. The predicted molar refractivity (Wildman–Crippen MR) is 77.9 cm³/mol. The van der Waals surface area contributed by atoms with E-state index in [2.05, 4.69) is 50.6 Å². The third kappa shape index (κ3) is 3.86. The van der Waals surface area contributed by atoms with E-state index in [1.165, 1.54) is 37.0 Å². The van der Waals surface area contributed by atoms with Gasteiger partial charge >= 0.3 is 0 Å². The molecule has 0 heterocycles. The van der Waals surface area contributed by atoms with Crippen molar-refractivity contribution in [1.29, 1.82) is 0 Å². The van der Waals surface area contributed by atoms with Crippen LogP contribution in [0, 0.1) is 0 Å². The molecule has 0 bridgehead atoms. The number of hydrogen-bond donors (Lipinski definition) is 0. The van der Waals surface area contributed by atoms with Crippen molar-refractivity contribution in [3.05, 3.63) is 29.8 Å². The van der Waals surface area contributed by atoms with E-state index in [9.17, 15) is 0 Å². The summed E-state index contributed by atoms with van der Waals surface area (Å²) < 4.78 is 0. The fraction of sp³-hybridized carbons (Fsp3) is 0.600. The second-order valence-electron chi connectivity index (χ2n) is 4.99. The Morgan fingerprint density at radius 2 is 1.56 bits per heavy atom. The van der Waals surface area contributed by atoms with Crippen LogP contribution in [-0.4, -0.2) is 18.3 Å². The lowest BCUT2D eigenvalue weighted by Crippen LogP contribution is -2.01. The van der Waals surface area contributed by atoms with Crippen LogP contribution >= 0.6 is 10.0 Å². The molecule has 0 aromatic heterocycles. The minimum absolute atomic E-state index is 0.548. The summed E-state index contributed by atoms with van der Waals surface area (Å²) in [7, 11) is -0.548. The summed E-state index contributed by atoms with van der Waals surface area (Å²) in [5.74, 6) is 1.35. The lowest BCUT2D eigenvalue weighted by Gasteiger charge is -2.31. The molecule has 0 radical (unpaired) electrons. The van der Waals surface area contributed by atoms with Crippen LogP contribution in [0.1, 0.15) is 38.7 Å². The Kier molecular flexibility index (Phi) is 5.40. The largest absolute Gasteiger partial charge is 0.220 e. The molecular formula is C15H26S. The maximum absolute atomic E-state index is 2.43. The van der Waals surface area contributed by atoms with Crippen molar-refractivity contribution in [2.45, 2.75) is 44.4 Å². The van der Waals surface area contributed by atoms with Crippen molar-refractivity contribution in [2.75, 3.05) is 18.3 Å². The van der Waals surface area contributed by atoms with Gasteiger partial charge in [0.25, 0.3) is 0 Å². The van der Waals surface area contributed by atoms with Crippen LogP contribution in [0.2, 0.25) is 0 Å². The van der Waals surface area contributed by atoms with E-state index < -0.39 is 10.0 Å². The van der Waals surface area contributed by atoms with Crippen LogP contribution in [0.25, 0.3) is 0 Å². The fourth-order valence-electron chi connectivity index (χ4n) is 2.03. The molecule has 0 fully saturated rings. The van der Waals surface area contributed by atoms with Gasteiger partial charge in [-0.2, -0.15) is 0 Å². The van der Waals surface area contributed by atoms with Gasteiger partial charge in [-0.05, 0) is 60.1 Å². The molecule has 0 aliphatic rings. The number of rotatable bonds is 6. The average Bonchev–Trinajstić information content (AvgIpc) is 2.27. The Morgan fingerprint density at radius 3 is 2.06 bits per heavy atom. The minimum Gasteiger partial charge on any atom is -0.220 e. The van der Waals surface area contributed by atoms with Gasteiger partial charge in [-0.1, -0.05) is 32.4 Å². The van der Waals surface area contributed by atoms with Crippen LogP contribution in [-0.2, 0) is 6.42 Å². The lowest BCUT2D eigenvalue weighted by molar-refractivity contribution is 0.794. The number of aryl methyl sites for hydroxylation is 1. The molecule has 0 saturated carbocycles. The number of benzene rings is 1. The van der Waals surface area contributed by atoms with Crippen LogP contribution in [0.4, 0.5) is 0 Å². The Bertz CT molecular complexity index is 298. The molecule has 1 rings (SSSR count). The van der Waals surface area contributed by atoms with E-state index in [4.69, 9.17) is 0 Å². The van der Waals surface area contributed by atoms with Crippen LogP contribution in [0.3, 0.4) is 0 Å². The Hall–Kier alpha value is -0.430. The first-order chi connectivity index (χ1) is 7.60. The first kappa shape index (κ1) is 13.6. The molecule has 92 valence electrons. The summed E-state index contributed by atoms with van der Waals surface area (Å²) in [6.45, 7) is 4.53. The van der Waals surface area contributed by atoms with Gasteiger partial charge in [0.05, 0.1) is 0 Å². The van der Waals surface area contributed by atoms with E-state index in [1.807, 2.05) is 0 Å². The molecule has 0 aliphatic carbocycles. The molecule has 0 saturated heterocycles. The van der Waals surface area contributed by atoms with E-state index >= 15 is 0 Å². The molecular weight excluding hydrogens is 212 g/mol. The second-order valence-corrected chi connectivity index (χ2v) is 8.95. The molecule has 0 nitrogen and oxygen atoms in total. The molecule has 0 atom stereocenters. The second kappa shape index (κ2) is 6.34. The minimum atomic E-state index is -0.548. The van der Waals surface area contributed by atoms with E-state index in [0.717, 1.165) is 0 Å². The molecule has 1 aromatic carbocycles. The van der Waals surface area contributed by atoms with Gasteiger partial charge < -0.3 is 0 Å². The third-order valence-electron chi connectivity index (χ3n) is 3.09. The zero-order valence-corrected chi connectivity index (χ0v) is 12.1. The normalized spacial score (nSPS) is 12.8. The monoisotopic (exact) mass is 238 g/mol. The molecule has 0 unspecified atom stereocenters. The summed E-state index contributed by atoms with van der Waals surface area (Å²) in [6, 6.07) is 9.37. The van der Waals surface area contributed by atoms with Gasteiger partial charge in [-0.15, -0.1) is 0 Å². The Balaban J connectivity index is 2.70. The highest BCUT2D eigenvalue weighted by atomic mass is 32.3. The van der Waals surface area contributed by atoms with Crippen molar-refractivity contribution in [3.63, 3.8) is 0 Å². The number of unbranched alkanes of at least 4 members (excludes halogenated alkanes) is 1. The fourth-order valence-corrected chi connectivity index (χ4v) is 4.16. The topological polar surface area (TPSA) is 0 Å². The van der Waals surface area contributed by atoms with Gasteiger partial charge in [-0.3, -0.25) is 0 Å². The smallest absolute Gasteiger partial charge is 0.0104 e. The summed E-state index contributed by atoms with van der Waals surface area (Å²) in [5.41, 5.74) is 1.50. The highest BCUT2D eigenvalue weighted by Gasteiger charge is 2.12. The van der Waals surface area contributed by atoms with Crippen LogP contribution in [0.15, 0.2) is 29.2 Å². The highest BCUT2D eigenvalue weighted by Crippen LogP contribution is 2.49.